The maximum atomic E-state index is 5.92. The zero-order chi connectivity index (χ0) is 13.9. The van der Waals surface area contributed by atoms with Crippen LogP contribution in [0.2, 0.25) is 5.02 Å². The molecule has 2 atom stereocenters. The van der Waals surface area contributed by atoms with Crippen molar-refractivity contribution in [3.8, 4) is 5.75 Å². The van der Waals surface area contributed by atoms with E-state index in [1.165, 1.54) is 11.1 Å². The van der Waals surface area contributed by atoms with Crippen molar-refractivity contribution in [3.63, 3.8) is 0 Å². The van der Waals surface area contributed by atoms with Gasteiger partial charge in [0, 0.05) is 29.1 Å². The Morgan fingerprint density at radius 3 is 2.75 bits per heavy atom. The Morgan fingerprint density at radius 2 is 1.95 bits per heavy atom. The van der Waals surface area contributed by atoms with Crippen molar-refractivity contribution < 1.29 is 4.74 Å². The van der Waals surface area contributed by atoms with Gasteiger partial charge in [-0.2, -0.15) is 0 Å². The number of rotatable bonds is 4. The van der Waals surface area contributed by atoms with Crippen LogP contribution < -0.4 is 10.1 Å². The van der Waals surface area contributed by atoms with Crippen LogP contribution in [0.15, 0.2) is 48.5 Å². The molecule has 2 unspecified atom stereocenters. The first-order valence-electron chi connectivity index (χ1n) is 6.94. The topological polar surface area (TPSA) is 21.3 Å². The summed E-state index contributed by atoms with van der Waals surface area (Å²) in [6.07, 6.45) is 0. The van der Waals surface area contributed by atoms with Gasteiger partial charge >= 0.3 is 0 Å². The Kier molecular flexibility index (Phi) is 3.95. The first-order chi connectivity index (χ1) is 9.74. The Bertz CT molecular complexity index is 582. The second kappa shape index (κ2) is 5.86. The van der Waals surface area contributed by atoms with Crippen molar-refractivity contribution in [2.24, 2.45) is 0 Å². The lowest BCUT2D eigenvalue weighted by Crippen LogP contribution is -2.25. The molecule has 1 N–H and O–H groups in total. The molecule has 104 valence electrons. The molecule has 2 nitrogen and oxygen atoms in total. The molecule has 1 heterocycles. The number of hydrogen-bond acceptors (Lipinski definition) is 2. The van der Waals surface area contributed by atoms with Crippen molar-refractivity contribution in [1.29, 1.82) is 0 Å². The molecule has 0 saturated heterocycles. The number of halogens is 1. The third-order valence-corrected chi connectivity index (χ3v) is 4.09. The lowest BCUT2D eigenvalue weighted by atomic mass is 10.0. The predicted octanol–water partition coefficient (Wildman–Crippen LogP) is 4.17. The summed E-state index contributed by atoms with van der Waals surface area (Å²) in [5.41, 5.74) is 2.56. The Hall–Kier alpha value is -1.51. The minimum absolute atomic E-state index is 0.306. The molecule has 0 aromatic heterocycles. The smallest absolute Gasteiger partial charge is 0.122 e. The van der Waals surface area contributed by atoms with E-state index in [9.17, 15) is 0 Å². The molecule has 1 aliphatic rings. The summed E-state index contributed by atoms with van der Waals surface area (Å²) in [6.45, 7) is 3.85. The SMILES string of the molecule is CC(NCC1COc2ccccc21)c1ccc(Cl)cc1. The number of nitrogens with one attached hydrogen (secondary N) is 1. The summed E-state index contributed by atoms with van der Waals surface area (Å²) in [7, 11) is 0. The monoisotopic (exact) mass is 287 g/mol. The lowest BCUT2D eigenvalue weighted by Gasteiger charge is -2.17. The van der Waals surface area contributed by atoms with Crippen molar-refractivity contribution in [3.05, 3.63) is 64.7 Å². The molecule has 0 radical (unpaired) electrons. The van der Waals surface area contributed by atoms with Crippen LogP contribution in [0.4, 0.5) is 0 Å². The molecule has 0 fully saturated rings. The molecule has 1 aliphatic heterocycles. The summed E-state index contributed by atoms with van der Waals surface area (Å²) >= 11 is 5.92. The van der Waals surface area contributed by atoms with Crippen LogP contribution >= 0.6 is 11.6 Å². The third-order valence-electron chi connectivity index (χ3n) is 3.84. The molecular weight excluding hydrogens is 270 g/mol. The van der Waals surface area contributed by atoms with Gasteiger partial charge in [-0.15, -0.1) is 0 Å². The van der Waals surface area contributed by atoms with E-state index >= 15 is 0 Å². The van der Waals surface area contributed by atoms with Gasteiger partial charge in [0.05, 0.1) is 6.61 Å². The predicted molar refractivity (Wildman–Crippen MR) is 82.5 cm³/mol. The fourth-order valence-corrected chi connectivity index (χ4v) is 2.71. The molecular formula is C17H18ClNO. The Balaban J connectivity index is 1.62. The van der Waals surface area contributed by atoms with Crippen LogP contribution in [-0.4, -0.2) is 13.2 Å². The van der Waals surface area contributed by atoms with E-state index in [1.54, 1.807) is 0 Å². The molecule has 0 spiro atoms. The van der Waals surface area contributed by atoms with Crippen molar-refractivity contribution >= 4 is 11.6 Å². The summed E-state index contributed by atoms with van der Waals surface area (Å²) in [5.74, 6) is 1.46. The molecule has 2 aromatic rings. The van der Waals surface area contributed by atoms with Crippen molar-refractivity contribution in [2.45, 2.75) is 18.9 Å². The molecule has 3 rings (SSSR count). The van der Waals surface area contributed by atoms with Gasteiger partial charge in [-0.05, 0) is 30.7 Å². The minimum Gasteiger partial charge on any atom is -0.493 e. The fourth-order valence-electron chi connectivity index (χ4n) is 2.59. The van der Waals surface area contributed by atoms with Gasteiger partial charge in [0.15, 0.2) is 0 Å². The number of para-hydroxylation sites is 1. The highest BCUT2D eigenvalue weighted by atomic mass is 35.5. The average Bonchev–Trinajstić information content (AvgIpc) is 2.89. The van der Waals surface area contributed by atoms with Gasteiger partial charge in [0.2, 0.25) is 0 Å². The van der Waals surface area contributed by atoms with Crippen LogP contribution in [0.1, 0.15) is 30.0 Å². The summed E-state index contributed by atoms with van der Waals surface area (Å²) in [5, 5.41) is 4.36. The largest absolute Gasteiger partial charge is 0.493 e. The first kappa shape index (κ1) is 13.5. The van der Waals surface area contributed by atoms with Crippen LogP contribution in [0.3, 0.4) is 0 Å². The fraction of sp³-hybridized carbons (Fsp3) is 0.294. The van der Waals surface area contributed by atoms with Crippen molar-refractivity contribution in [1.82, 2.24) is 5.32 Å². The zero-order valence-corrected chi connectivity index (χ0v) is 12.2. The summed E-state index contributed by atoms with van der Waals surface area (Å²) in [4.78, 5) is 0. The van der Waals surface area contributed by atoms with Gasteiger partial charge in [0.1, 0.15) is 5.75 Å². The van der Waals surface area contributed by atoms with E-state index in [2.05, 4.69) is 36.5 Å². The van der Waals surface area contributed by atoms with E-state index < -0.39 is 0 Å². The number of fused-ring (bicyclic) bond motifs is 1. The number of hydrogen-bond donors (Lipinski definition) is 1. The van der Waals surface area contributed by atoms with Gasteiger partial charge in [-0.3, -0.25) is 0 Å². The summed E-state index contributed by atoms with van der Waals surface area (Å²) in [6, 6.07) is 16.6. The maximum absolute atomic E-state index is 5.92. The zero-order valence-electron chi connectivity index (χ0n) is 11.5. The first-order valence-corrected chi connectivity index (χ1v) is 7.32. The highest BCUT2D eigenvalue weighted by Crippen LogP contribution is 2.33. The molecule has 20 heavy (non-hydrogen) atoms. The average molecular weight is 288 g/mol. The Morgan fingerprint density at radius 1 is 1.20 bits per heavy atom. The standard InChI is InChI=1S/C17H18ClNO/c1-12(13-6-8-15(18)9-7-13)19-10-14-11-20-17-5-3-2-4-16(14)17/h2-9,12,14,19H,10-11H2,1H3. The second-order valence-corrected chi connectivity index (χ2v) is 5.66. The second-order valence-electron chi connectivity index (χ2n) is 5.23. The quantitative estimate of drug-likeness (QED) is 0.911. The van der Waals surface area contributed by atoms with E-state index in [0.717, 1.165) is 23.9 Å². The number of benzene rings is 2. The molecule has 0 amide bonds. The van der Waals surface area contributed by atoms with E-state index in [-0.39, 0.29) is 0 Å². The van der Waals surface area contributed by atoms with E-state index in [4.69, 9.17) is 16.3 Å². The van der Waals surface area contributed by atoms with Gasteiger partial charge in [0.25, 0.3) is 0 Å². The van der Waals surface area contributed by atoms with Crippen LogP contribution in [0.5, 0.6) is 5.75 Å². The minimum atomic E-state index is 0.306. The van der Waals surface area contributed by atoms with Crippen molar-refractivity contribution in [2.75, 3.05) is 13.2 Å². The Labute approximate surface area is 124 Å². The third kappa shape index (κ3) is 2.82. The van der Waals surface area contributed by atoms with Gasteiger partial charge in [-0.1, -0.05) is 41.9 Å². The van der Waals surface area contributed by atoms with E-state index in [0.29, 0.717) is 12.0 Å². The highest BCUT2D eigenvalue weighted by molar-refractivity contribution is 6.30. The van der Waals surface area contributed by atoms with Gasteiger partial charge in [-0.25, -0.2) is 0 Å². The highest BCUT2D eigenvalue weighted by Gasteiger charge is 2.23. The molecule has 3 heteroatoms. The maximum Gasteiger partial charge on any atom is 0.122 e. The van der Waals surface area contributed by atoms with Gasteiger partial charge < -0.3 is 10.1 Å². The molecule has 0 bridgehead atoms. The lowest BCUT2D eigenvalue weighted by molar-refractivity contribution is 0.323. The number of ether oxygens (including phenoxy) is 1. The summed E-state index contributed by atoms with van der Waals surface area (Å²) < 4.78 is 5.71. The molecule has 0 saturated carbocycles. The van der Waals surface area contributed by atoms with Crippen LogP contribution in [0.25, 0.3) is 0 Å². The normalized spacial score (nSPS) is 18.4. The molecule has 0 aliphatic carbocycles. The van der Waals surface area contributed by atoms with Crippen LogP contribution in [0, 0.1) is 0 Å². The molecule has 2 aromatic carbocycles. The van der Waals surface area contributed by atoms with Crippen LogP contribution in [-0.2, 0) is 0 Å². The van der Waals surface area contributed by atoms with E-state index in [1.807, 2.05) is 24.3 Å².